The molecule has 3 rings (SSSR count). The van der Waals surface area contributed by atoms with Gasteiger partial charge in [0.25, 0.3) is 0 Å². The van der Waals surface area contributed by atoms with E-state index in [0.717, 1.165) is 24.5 Å². The van der Waals surface area contributed by atoms with E-state index < -0.39 is 0 Å². The van der Waals surface area contributed by atoms with Crippen LogP contribution in [-0.4, -0.2) is 54.2 Å². The number of aryl methyl sites for hydroxylation is 1. The van der Waals surface area contributed by atoms with Crippen LogP contribution in [-0.2, 0) is 11.2 Å². The molecule has 7 nitrogen and oxygen atoms in total. The van der Waals surface area contributed by atoms with Gasteiger partial charge in [-0.2, -0.15) is 0 Å². The zero-order valence-electron chi connectivity index (χ0n) is 13.4. The number of hydrogen-bond acceptors (Lipinski definition) is 6. The van der Waals surface area contributed by atoms with E-state index in [2.05, 4.69) is 15.0 Å². The molecule has 0 unspecified atom stereocenters. The van der Waals surface area contributed by atoms with Crippen LogP contribution < -0.4 is 9.64 Å². The van der Waals surface area contributed by atoms with Crippen LogP contribution in [0.4, 0.5) is 5.69 Å². The first-order chi connectivity index (χ1) is 11.2. The second kappa shape index (κ2) is 6.68. The van der Waals surface area contributed by atoms with E-state index in [0.29, 0.717) is 24.7 Å². The number of hydrogen-bond donors (Lipinski definition) is 0. The third-order valence-electron chi connectivity index (χ3n) is 3.93. The lowest BCUT2D eigenvalue weighted by Gasteiger charge is -2.35. The van der Waals surface area contributed by atoms with Crippen molar-refractivity contribution in [3.8, 4) is 5.88 Å². The monoisotopic (exact) mass is 316 g/mol. The Hall–Kier alpha value is -2.57. The molecule has 1 aliphatic rings. The van der Waals surface area contributed by atoms with Gasteiger partial charge in [0.2, 0.25) is 11.8 Å². The first-order valence-corrected chi connectivity index (χ1v) is 7.60. The average molecular weight is 316 g/mol. The topological polar surface area (TPSA) is 71.7 Å². The fourth-order valence-electron chi connectivity index (χ4n) is 2.65. The van der Waals surface area contributed by atoms with Crippen LogP contribution in [0.3, 0.4) is 0 Å². The zero-order chi connectivity index (χ0) is 16.2. The fourth-order valence-corrected chi connectivity index (χ4v) is 2.65. The quantitative estimate of drug-likeness (QED) is 0.846. The standard InChI is InChI=1S/C16H20N4O3/c1-12-9-14(23-18-12)10-16(21)20-7-5-19(6-8-20)13-3-4-15(22-2)17-11-13/h3-4,9,11H,5-8,10H2,1-2H3. The van der Waals surface area contributed by atoms with Gasteiger partial charge >= 0.3 is 0 Å². The van der Waals surface area contributed by atoms with Gasteiger partial charge in [0.15, 0.2) is 0 Å². The maximum atomic E-state index is 12.3. The predicted molar refractivity (Wildman–Crippen MR) is 84.5 cm³/mol. The summed E-state index contributed by atoms with van der Waals surface area (Å²) in [5, 5.41) is 3.81. The number of carbonyl (C=O) groups is 1. The Morgan fingerprint density at radius 1 is 1.30 bits per heavy atom. The Labute approximate surface area is 134 Å². The highest BCUT2D eigenvalue weighted by molar-refractivity contribution is 5.78. The lowest BCUT2D eigenvalue weighted by molar-refractivity contribution is -0.131. The van der Waals surface area contributed by atoms with Crippen LogP contribution in [0.15, 0.2) is 28.9 Å². The van der Waals surface area contributed by atoms with E-state index in [-0.39, 0.29) is 12.3 Å². The second-order valence-electron chi connectivity index (χ2n) is 5.54. The van der Waals surface area contributed by atoms with Gasteiger partial charge in [-0.15, -0.1) is 0 Å². The number of ether oxygens (including phenoxy) is 1. The third kappa shape index (κ3) is 3.61. The number of pyridine rings is 1. The highest BCUT2D eigenvalue weighted by Gasteiger charge is 2.22. The van der Waals surface area contributed by atoms with E-state index in [1.54, 1.807) is 19.4 Å². The van der Waals surface area contributed by atoms with Crippen molar-refractivity contribution >= 4 is 11.6 Å². The van der Waals surface area contributed by atoms with E-state index in [1.807, 2.05) is 24.0 Å². The third-order valence-corrected chi connectivity index (χ3v) is 3.93. The van der Waals surface area contributed by atoms with Crippen LogP contribution >= 0.6 is 0 Å². The zero-order valence-corrected chi connectivity index (χ0v) is 13.4. The van der Waals surface area contributed by atoms with Crippen LogP contribution in [0, 0.1) is 6.92 Å². The van der Waals surface area contributed by atoms with Crippen LogP contribution in [0.1, 0.15) is 11.5 Å². The number of nitrogens with zero attached hydrogens (tertiary/aromatic N) is 4. The molecule has 0 atom stereocenters. The summed E-state index contributed by atoms with van der Waals surface area (Å²) in [4.78, 5) is 20.6. The smallest absolute Gasteiger partial charge is 0.230 e. The Bertz CT molecular complexity index is 660. The van der Waals surface area contributed by atoms with E-state index in [1.165, 1.54) is 0 Å². The lowest BCUT2D eigenvalue weighted by Crippen LogP contribution is -2.49. The largest absolute Gasteiger partial charge is 0.481 e. The summed E-state index contributed by atoms with van der Waals surface area (Å²) in [5.74, 6) is 1.30. The molecule has 2 aromatic rings. The average Bonchev–Trinajstić information content (AvgIpc) is 3.00. The molecule has 0 N–H and O–H groups in total. The fraction of sp³-hybridized carbons (Fsp3) is 0.438. The molecule has 1 amide bonds. The Morgan fingerprint density at radius 2 is 2.09 bits per heavy atom. The SMILES string of the molecule is COc1ccc(N2CCN(C(=O)Cc3cc(C)no3)CC2)cn1. The Morgan fingerprint density at radius 3 is 2.65 bits per heavy atom. The molecular formula is C16H20N4O3. The van der Waals surface area contributed by atoms with Gasteiger partial charge in [0.05, 0.1) is 31.1 Å². The normalized spacial score (nSPS) is 14.9. The summed E-state index contributed by atoms with van der Waals surface area (Å²) in [6.45, 7) is 4.81. The minimum atomic E-state index is 0.0775. The number of anilines is 1. The summed E-state index contributed by atoms with van der Waals surface area (Å²) >= 11 is 0. The van der Waals surface area contributed by atoms with Crippen molar-refractivity contribution in [2.75, 3.05) is 38.2 Å². The van der Waals surface area contributed by atoms with Gasteiger partial charge in [-0.05, 0) is 13.0 Å². The molecule has 2 aromatic heterocycles. The first kappa shape index (κ1) is 15.3. The van der Waals surface area contributed by atoms with E-state index in [4.69, 9.17) is 9.26 Å². The van der Waals surface area contributed by atoms with Gasteiger partial charge in [0, 0.05) is 38.3 Å². The van der Waals surface area contributed by atoms with Gasteiger partial charge in [-0.25, -0.2) is 4.98 Å². The molecule has 7 heteroatoms. The van der Waals surface area contributed by atoms with Crippen molar-refractivity contribution in [3.05, 3.63) is 35.9 Å². The van der Waals surface area contributed by atoms with Crippen LogP contribution in [0.5, 0.6) is 5.88 Å². The Balaban J connectivity index is 1.54. The van der Waals surface area contributed by atoms with Gasteiger partial charge in [-0.1, -0.05) is 5.16 Å². The van der Waals surface area contributed by atoms with E-state index in [9.17, 15) is 4.79 Å². The minimum absolute atomic E-state index is 0.0775. The van der Waals surface area contributed by atoms with E-state index >= 15 is 0 Å². The number of rotatable bonds is 4. The molecule has 23 heavy (non-hydrogen) atoms. The van der Waals surface area contributed by atoms with Crippen molar-refractivity contribution in [1.29, 1.82) is 0 Å². The highest BCUT2D eigenvalue weighted by atomic mass is 16.5. The van der Waals surface area contributed by atoms with Crippen molar-refractivity contribution in [1.82, 2.24) is 15.0 Å². The summed E-state index contributed by atoms with van der Waals surface area (Å²) in [6, 6.07) is 5.64. The number of piperazine rings is 1. The second-order valence-corrected chi connectivity index (χ2v) is 5.54. The van der Waals surface area contributed by atoms with Gasteiger partial charge in [-0.3, -0.25) is 4.79 Å². The number of amides is 1. The lowest BCUT2D eigenvalue weighted by atomic mass is 10.2. The number of methoxy groups -OCH3 is 1. The van der Waals surface area contributed by atoms with Crippen molar-refractivity contribution in [2.45, 2.75) is 13.3 Å². The summed E-state index contributed by atoms with van der Waals surface area (Å²) in [7, 11) is 1.60. The molecule has 1 fully saturated rings. The molecule has 0 radical (unpaired) electrons. The van der Waals surface area contributed by atoms with Crippen molar-refractivity contribution in [3.63, 3.8) is 0 Å². The van der Waals surface area contributed by atoms with Crippen LogP contribution in [0.25, 0.3) is 0 Å². The van der Waals surface area contributed by atoms with Crippen molar-refractivity contribution < 1.29 is 14.1 Å². The van der Waals surface area contributed by atoms with Crippen LogP contribution in [0.2, 0.25) is 0 Å². The summed E-state index contributed by atoms with van der Waals surface area (Å²) < 4.78 is 10.2. The molecule has 1 saturated heterocycles. The maximum Gasteiger partial charge on any atom is 0.230 e. The summed E-state index contributed by atoms with van der Waals surface area (Å²) in [5.41, 5.74) is 1.84. The minimum Gasteiger partial charge on any atom is -0.481 e. The maximum absolute atomic E-state index is 12.3. The molecule has 122 valence electrons. The van der Waals surface area contributed by atoms with Gasteiger partial charge in [0.1, 0.15) is 5.76 Å². The number of aromatic nitrogens is 2. The van der Waals surface area contributed by atoms with Crippen molar-refractivity contribution in [2.24, 2.45) is 0 Å². The molecule has 1 aliphatic heterocycles. The molecule has 0 spiro atoms. The molecular weight excluding hydrogens is 296 g/mol. The Kier molecular flexibility index (Phi) is 4.45. The highest BCUT2D eigenvalue weighted by Crippen LogP contribution is 2.18. The molecule has 0 aliphatic carbocycles. The number of carbonyl (C=O) groups excluding carboxylic acids is 1. The predicted octanol–water partition coefficient (Wildman–Crippen LogP) is 1.28. The summed E-state index contributed by atoms with van der Waals surface area (Å²) in [6.07, 6.45) is 2.07. The van der Waals surface area contributed by atoms with Gasteiger partial charge < -0.3 is 19.1 Å². The molecule has 0 bridgehead atoms. The molecule has 0 aromatic carbocycles. The molecule has 0 saturated carbocycles. The molecule has 3 heterocycles. The first-order valence-electron chi connectivity index (χ1n) is 7.60.